The highest BCUT2D eigenvalue weighted by Crippen LogP contribution is 2.26. The number of anilines is 1. The third-order valence-electron chi connectivity index (χ3n) is 6.00. The third-order valence-corrected chi connectivity index (χ3v) is 7.54. The quantitative estimate of drug-likeness (QED) is 0.439. The molecule has 0 aliphatic rings. The van der Waals surface area contributed by atoms with E-state index in [-0.39, 0.29) is 24.2 Å². The van der Waals surface area contributed by atoms with E-state index < -0.39 is 28.5 Å². The highest BCUT2D eigenvalue weighted by Gasteiger charge is 2.32. The molecule has 36 heavy (non-hydrogen) atoms. The van der Waals surface area contributed by atoms with Gasteiger partial charge in [0.05, 0.1) is 19.1 Å². The normalized spacial score (nSPS) is 13.0. The van der Waals surface area contributed by atoms with Gasteiger partial charge in [0, 0.05) is 17.6 Å². The van der Waals surface area contributed by atoms with Gasteiger partial charge in [0.1, 0.15) is 18.3 Å². The fourth-order valence-electron chi connectivity index (χ4n) is 3.68. The molecule has 0 radical (unpaired) electrons. The Balaban J connectivity index is 2.47. The van der Waals surface area contributed by atoms with E-state index >= 15 is 0 Å². The van der Waals surface area contributed by atoms with E-state index in [4.69, 9.17) is 16.3 Å². The van der Waals surface area contributed by atoms with Crippen molar-refractivity contribution >= 4 is 39.1 Å². The van der Waals surface area contributed by atoms with Crippen LogP contribution in [0.4, 0.5) is 5.69 Å². The first-order valence-corrected chi connectivity index (χ1v) is 14.1. The predicted molar refractivity (Wildman–Crippen MR) is 144 cm³/mol. The van der Waals surface area contributed by atoms with Crippen molar-refractivity contribution < 1.29 is 22.7 Å². The first-order valence-electron chi connectivity index (χ1n) is 11.9. The number of rotatable bonds is 12. The molecule has 0 aliphatic carbocycles. The summed E-state index contributed by atoms with van der Waals surface area (Å²) in [5.74, 6) is -0.178. The average molecular weight is 538 g/mol. The van der Waals surface area contributed by atoms with E-state index in [2.05, 4.69) is 5.32 Å². The first kappa shape index (κ1) is 29.5. The number of nitrogens with zero attached hydrogens (tertiary/aromatic N) is 2. The fraction of sp³-hybridized carbons (Fsp3) is 0.462. The van der Waals surface area contributed by atoms with Crippen LogP contribution in [0.1, 0.15) is 44.7 Å². The van der Waals surface area contributed by atoms with Crippen molar-refractivity contribution in [3.05, 3.63) is 58.6 Å². The lowest BCUT2D eigenvalue weighted by Gasteiger charge is -2.33. The number of halogens is 1. The maximum absolute atomic E-state index is 13.7. The zero-order valence-corrected chi connectivity index (χ0v) is 23.3. The maximum Gasteiger partial charge on any atom is 0.244 e. The molecule has 0 heterocycles. The molecule has 198 valence electrons. The summed E-state index contributed by atoms with van der Waals surface area (Å²) in [6, 6.07) is 11.2. The predicted octanol–water partition coefficient (Wildman–Crippen LogP) is 4.15. The molecule has 0 unspecified atom stereocenters. The Hall–Kier alpha value is -2.78. The second kappa shape index (κ2) is 13.0. The molecule has 0 saturated heterocycles. The number of nitrogens with one attached hydrogen (secondary N) is 1. The monoisotopic (exact) mass is 537 g/mol. The lowest BCUT2D eigenvalue weighted by Crippen LogP contribution is -2.53. The molecule has 2 rings (SSSR count). The van der Waals surface area contributed by atoms with Gasteiger partial charge in [-0.1, -0.05) is 43.6 Å². The van der Waals surface area contributed by atoms with Gasteiger partial charge in [-0.2, -0.15) is 0 Å². The molecule has 10 heteroatoms. The summed E-state index contributed by atoms with van der Waals surface area (Å²) in [6.45, 7) is 7.11. The summed E-state index contributed by atoms with van der Waals surface area (Å²) >= 11 is 6.24. The van der Waals surface area contributed by atoms with E-state index in [0.717, 1.165) is 28.1 Å². The Morgan fingerprint density at radius 3 is 2.36 bits per heavy atom. The number of hydrogen-bond acceptors (Lipinski definition) is 5. The Labute approximate surface area is 219 Å². The van der Waals surface area contributed by atoms with E-state index in [1.807, 2.05) is 26.8 Å². The van der Waals surface area contributed by atoms with Crippen LogP contribution in [0.5, 0.6) is 5.75 Å². The van der Waals surface area contributed by atoms with Gasteiger partial charge in [-0.15, -0.1) is 0 Å². The lowest BCUT2D eigenvalue weighted by atomic mass is 10.1. The summed E-state index contributed by atoms with van der Waals surface area (Å²) < 4.78 is 31.7. The van der Waals surface area contributed by atoms with E-state index in [0.29, 0.717) is 17.2 Å². The van der Waals surface area contributed by atoms with Crippen LogP contribution in [0, 0.1) is 6.92 Å². The molecule has 0 spiro atoms. The average Bonchev–Trinajstić information content (AvgIpc) is 2.83. The van der Waals surface area contributed by atoms with Crippen LogP contribution < -0.4 is 14.4 Å². The van der Waals surface area contributed by atoms with Crippen molar-refractivity contribution in [1.82, 2.24) is 10.2 Å². The van der Waals surface area contributed by atoms with Crippen molar-refractivity contribution in [2.75, 3.05) is 24.2 Å². The highest BCUT2D eigenvalue weighted by molar-refractivity contribution is 7.92. The standard InChI is InChI=1S/C26H36ClN3O5S/c1-7-19(4)28-26(32)24(8-2)29(16-20-10-9-11-22(14-20)35-5)25(31)17-30(36(6,33)34)21-13-12-18(3)23(27)15-21/h9-15,19,24H,7-8,16-17H2,1-6H3,(H,28,32)/t19-,24-/m0/s1. The lowest BCUT2D eigenvalue weighted by molar-refractivity contribution is -0.140. The van der Waals surface area contributed by atoms with Crippen LogP contribution in [0.3, 0.4) is 0 Å². The zero-order chi connectivity index (χ0) is 27.0. The minimum absolute atomic E-state index is 0.0671. The van der Waals surface area contributed by atoms with Crippen LogP contribution in [-0.2, 0) is 26.2 Å². The molecular formula is C26H36ClN3O5S. The molecule has 1 N–H and O–H groups in total. The van der Waals surface area contributed by atoms with E-state index in [1.165, 1.54) is 11.0 Å². The number of amides is 2. The summed E-state index contributed by atoms with van der Waals surface area (Å²) in [7, 11) is -2.28. The molecule has 8 nitrogen and oxygen atoms in total. The van der Waals surface area contributed by atoms with Crippen molar-refractivity contribution in [3.63, 3.8) is 0 Å². The van der Waals surface area contributed by atoms with Crippen molar-refractivity contribution in [3.8, 4) is 5.75 Å². The third kappa shape index (κ3) is 7.86. The summed E-state index contributed by atoms with van der Waals surface area (Å²) in [6.07, 6.45) is 2.13. The van der Waals surface area contributed by atoms with Gasteiger partial charge >= 0.3 is 0 Å². The molecule has 2 atom stereocenters. The molecule has 0 aliphatic heterocycles. The number of carbonyl (C=O) groups is 2. The Kier molecular flexibility index (Phi) is 10.6. The number of hydrogen-bond donors (Lipinski definition) is 1. The Morgan fingerprint density at radius 2 is 1.81 bits per heavy atom. The van der Waals surface area contributed by atoms with Gasteiger partial charge in [0.25, 0.3) is 0 Å². The highest BCUT2D eigenvalue weighted by atomic mass is 35.5. The summed E-state index contributed by atoms with van der Waals surface area (Å²) in [5, 5.41) is 3.34. The van der Waals surface area contributed by atoms with E-state index in [1.54, 1.807) is 44.4 Å². The van der Waals surface area contributed by atoms with Gasteiger partial charge in [0.15, 0.2) is 0 Å². The van der Waals surface area contributed by atoms with Gasteiger partial charge in [-0.25, -0.2) is 8.42 Å². The van der Waals surface area contributed by atoms with Crippen molar-refractivity contribution in [2.24, 2.45) is 0 Å². The molecule has 0 bridgehead atoms. The molecule has 0 saturated carbocycles. The minimum Gasteiger partial charge on any atom is -0.497 e. The number of aryl methyl sites for hydroxylation is 1. The minimum atomic E-state index is -3.83. The topological polar surface area (TPSA) is 96.0 Å². The van der Waals surface area contributed by atoms with Crippen LogP contribution in [0.25, 0.3) is 0 Å². The molecule has 0 fully saturated rings. The number of sulfonamides is 1. The van der Waals surface area contributed by atoms with Crippen LogP contribution in [0.15, 0.2) is 42.5 Å². The van der Waals surface area contributed by atoms with Crippen LogP contribution in [0.2, 0.25) is 5.02 Å². The Morgan fingerprint density at radius 1 is 1.11 bits per heavy atom. The van der Waals surface area contributed by atoms with Gasteiger partial charge in [-0.3, -0.25) is 13.9 Å². The molecule has 2 aromatic rings. The molecule has 2 amide bonds. The summed E-state index contributed by atoms with van der Waals surface area (Å²) in [4.78, 5) is 28.3. The number of methoxy groups -OCH3 is 1. The second-order valence-electron chi connectivity index (χ2n) is 8.82. The van der Waals surface area contributed by atoms with Gasteiger partial charge in [-0.05, 0) is 62.1 Å². The zero-order valence-electron chi connectivity index (χ0n) is 21.7. The molecular weight excluding hydrogens is 502 g/mol. The number of ether oxygens (including phenoxy) is 1. The van der Waals surface area contributed by atoms with Crippen molar-refractivity contribution in [1.29, 1.82) is 0 Å². The smallest absolute Gasteiger partial charge is 0.244 e. The fourth-order valence-corrected chi connectivity index (χ4v) is 4.69. The maximum atomic E-state index is 13.7. The van der Waals surface area contributed by atoms with Gasteiger partial charge < -0.3 is 15.0 Å². The first-order chi connectivity index (χ1) is 16.9. The SMILES string of the molecule is CC[C@H](C)NC(=O)[C@H](CC)N(Cc1cccc(OC)c1)C(=O)CN(c1ccc(C)c(Cl)c1)S(C)(=O)=O. The summed E-state index contributed by atoms with van der Waals surface area (Å²) in [5.41, 5.74) is 1.81. The largest absolute Gasteiger partial charge is 0.497 e. The number of benzene rings is 2. The van der Waals surface area contributed by atoms with Crippen LogP contribution in [-0.4, -0.2) is 57.1 Å². The second-order valence-corrected chi connectivity index (χ2v) is 11.1. The Bertz CT molecular complexity index is 1170. The van der Waals surface area contributed by atoms with E-state index in [9.17, 15) is 18.0 Å². The van der Waals surface area contributed by atoms with Gasteiger partial charge in [0.2, 0.25) is 21.8 Å². The molecule has 2 aromatic carbocycles. The molecule has 0 aromatic heterocycles. The van der Waals surface area contributed by atoms with Crippen molar-refractivity contribution in [2.45, 2.75) is 59.2 Å². The number of carbonyl (C=O) groups excluding carboxylic acids is 2. The van der Waals surface area contributed by atoms with Crippen LogP contribution >= 0.6 is 11.6 Å².